The summed E-state index contributed by atoms with van der Waals surface area (Å²) in [7, 11) is 2.16. The van der Waals surface area contributed by atoms with Gasteiger partial charge in [-0.1, -0.05) is 18.2 Å². The molecule has 5 heteroatoms. The number of rotatable bonds is 6. The molecule has 1 N–H and O–H groups in total. The fraction of sp³-hybridized carbons (Fsp3) is 0.381. The highest BCUT2D eigenvalue weighted by molar-refractivity contribution is 5.94. The molecule has 1 fully saturated rings. The smallest absolute Gasteiger partial charge is 0.243 e. The van der Waals surface area contributed by atoms with Gasteiger partial charge in [-0.3, -0.25) is 4.79 Å². The molecular weight excluding hydrogens is 324 g/mol. The number of carbonyl (C=O) groups excluding carboxylic acids is 1. The standard InChI is InChI=1S/C21H28N4O/c1-3-24(19-7-5-4-6-8-19)17-21(26)22-18-9-11-20(12-10-18)25-15-13-23(2)14-16-25/h4-12H,3,13-17H2,1-2H3,(H,22,26). The van der Waals surface area contributed by atoms with E-state index in [9.17, 15) is 4.79 Å². The second-order valence-corrected chi connectivity index (χ2v) is 6.74. The van der Waals surface area contributed by atoms with Gasteiger partial charge in [-0.25, -0.2) is 0 Å². The summed E-state index contributed by atoms with van der Waals surface area (Å²) in [6, 6.07) is 18.2. The first-order valence-electron chi connectivity index (χ1n) is 9.29. The molecule has 2 aromatic rings. The van der Waals surface area contributed by atoms with Crippen molar-refractivity contribution in [1.82, 2.24) is 4.90 Å². The van der Waals surface area contributed by atoms with Crippen molar-refractivity contribution in [3.63, 3.8) is 0 Å². The number of piperazine rings is 1. The molecule has 0 unspecified atom stereocenters. The Balaban J connectivity index is 1.56. The van der Waals surface area contributed by atoms with E-state index in [0.717, 1.165) is 44.1 Å². The summed E-state index contributed by atoms with van der Waals surface area (Å²) in [5.41, 5.74) is 3.13. The van der Waals surface area contributed by atoms with Crippen LogP contribution in [0.1, 0.15) is 6.92 Å². The SMILES string of the molecule is CCN(CC(=O)Nc1ccc(N2CCN(C)CC2)cc1)c1ccccc1. The first-order valence-corrected chi connectivity index (χ1v) is 9.29. The first-order chi connectivity index (χ1) is 12.7. The molecule has 3 rings (SSSR count). The molecule has 0 spiro atoms. The molecule has 0 bridgehead atoms. The van der Waals surface area contributed by atoms with E-state index in [-0.39, 0.29) is 5.91 Å². The van der Waals surface area contributed by atoms with E-state index >= 15 is 0 Å². The van der Waals surface area contributed by atoms with Gasteiger partial charge in [0.25, 0.3) is 0 Å². The highest BCUT2D eigenvalue weighted by Crippen LogP contribution is 2.19. The zero-order valence-corrected chi connectivity index (χ0v) is 15.7. The van der Waals surface area contributed by atoms with Crippen LogP contribution in [0.2, 0.25) is 0 Å². The highest BCUT2D eigenvalue weighted by atomic mass is 16.2. The Hall–Kier alpha value is -2.53. The van der Waals surface area contributed by atoms with Crippen LogP contribution in [0.3, 0.4) is 0 Å². The van der Waals surface area contributed by atoms with Crippen molar-refractivity contribution in [2.75, 3.05) is 61.4 Å². The topological polar surface area (TPSA) is 38.8 Å². The monoisotopic (exact) mass is 352 g/mol. The Bertz CT molecular complexity index is 694. The summed E-state index contributed by atoms with van der Waals surface area (Å²) in [6.45, 7) is 7.47. The van der Waals surface area contributed by atoms with Gasteiger partial charge in [0.15, 0.2) is 0 Å². The lowest BCUT2D eigenvalue weighted by Gasteiger charge is -2.34. The third-order valence-corrected chi connectivity index (χ3v) is 4.86. The molecule has 5 nitrogen and oxygen atoms in total. The fourth-order valence-corrected chi connectivity index (χ4v) is 3.22. The normalized spacial score (nSPS) is 14.9. The third kappa shape index (κ3) is 4.76. The van der Waals surface area contributed by atoms with E-state index < -0.39 is 0 Å². The maximum Gasteiger partial charge on any atom is 0.243 e. The predicted octanol–water partition coefficient (Wildman–Crippen LogP) is 2.90. The van der Waals surface area contributed by atoms with Gasteiger partial charge in [0.2, 0.25) is 5.91 Å². The second kappa shape index (κ2) is 8.72. The van der Waals surface area contributed by atoms with Gasteiger partial charge in [0.05, 0.1) is 6.54 Å². The Labute approximate surface area is 156 Å². The Kier molecular flexibility index (Phi) is 6.12. The molecule has 0 atom stereocenters. The zero-order chi connectivity index (χ0) is 18.4. The predicted molar refractivity (Wildman–Crippen MR) is 109 cm³/mol. The number of nitrogens with one attached hydrogen (secondary N) is 1. The van der Waals surface area contributed by atoms with Crippen LogP contribution < -0.4 is 15.1 Å². The highest BCUT2D eigenvalue weighted by Gasteiger charge is 2.14. The number of hydrogen-bond donors (Lipinski definition) is 1. The summed E-state index contributed by atoms with van der Waals surface area (Å²) in [5, 5.41) is 3.01. The van der Waals surface area contributed by atoms with E-state index in [0.29, 0.717) is 6.54 Å². The number of likely N-dealkylation sites (N-methyl/N-ethyl adjacent to an activating group) is 2. The van der Waals surface area contributed by atoms with Gasteiger partial charge in [-0.2, -0.15) is 0 Å². The van der Waals surface area contributed by atoms with Gasteiger partial charge in [-0.15, -0.1) is 0 Å². The number of carbonyl (C=O) groups is 1. The number of anilines is 3. The van der Waals surface area contributed by atoms with E-state index in [4.69, 9.17) is 0 Å². The Morgan fingerprint density at radius 2 is 1.65 bits per heavy atom. The maximum atomic E-state index is 12.4. The molecule has 0 saturated carbocycles. The quantitative estimate of drug-likeness (QED) is 0.868. The summed E-state index contributed by atoms with van der Waals surface area (Å²) in [4.78, 5) is 19.2. The molecule has 26 heavy (non-hydrogen) atoms. The summed E-state index contributed by atoms with van der Waals surface area (Å²) >= 11 is 0. The van der Waals surface area contributed by atoms with Gasteiger partial charge in [0, 0.05) is 49.8 Å². The molecule has 1 aliphatic rings. The fourth-order valence-electron chi connectivity index (χ4n) is 3.22. The van der Waals surface area contributed by atoms with E-state index in [1.54, 1.807) is 0 Å². The van der Waals surface area contributed by atoms with Crippen LogP contribution in [0.25, 0.3) is 0 Å². The number of nitrogens with zero attached hydrogens (tertiary/aromatic N) is 3. The molecule has 1 heterocycles. The number of para-hydroxylation sites is 1. The van der Waals surface area contributed by atoms with Crippen molar-refractivity contribution in [3.8, 4) is 0 Å². The maximum absolute atomic E-state index is 12.4. The van der Waals surface area contributed by atoms with Crippen LogP contribution in [0.4, 0.5) is 17.1 Å². The van der Waals surface area contributed by atoms with Crippen LogP contribution in [0.5, 0.6) is 0 Å². The molecule has 1 saturated heterocycles. The largest absolute Gasteiger partial charge is 0.369 e. The Morgan fingerprint density at radius 3 is 2.27 bits per heavy atom. The molecule has 0 aliphatic carbocycles. The van der Waals surface area contributed by atoms with Gasteiger partial charge in [-0.05, 0) is 50.4 Å². The number of amides is 1. The molecule has 0 radical (unpaired) electrons. The van der Waals surface area contributed by atoms with E-state index in [2.05, 4.69) is 46.1 Å². The average Bonchev–Trinajstić information content (AvgIpc) is 2.68. The second-order valence-electron chi connectivity index (χ2n) is 6.74. The molecule has 2 aromatic carbocycles. The lowest BCUT2D eigenvalue weighted by molar-refractivity contribution is -0.115. The van der Waals surface area contributed by atoms with Crippen molar-refractivity contribution < 1.29 is 4.79 Å². The summed E-state index contributed by atoms with van der Waals surface area (Å²) in [6.07, 6.45) is 0. The third-order valence-electron chi connectivity index (χ3n) is 4.86. The van der Waals surface area contributed by atoms with Crippen LogP contribution in [0.15, 0.2) is 54.6 Å². The molecule has 1 aliphatic heterocycles. The molecular formula is C21H28N4O. The van der Waals surface area contributed by atoms with Crippen molar-refractivity contribution in [2.24, 2.45) is 0 Å². The van der Waals surface area contributed by atoms with Crippen molar-refractivity contribution in [1.29, 1.82) is 0 Å². The lowest BCUT2D eigenvalue weighted by atomic mass is 10.2. The van der Waals surface area contributed by atoms with Gasteiger partial charge < -0.3 is 20.0 Å². The van der Waals surface area contributed by atoms with E-state index in [1.807, 2.05) is 42.5 Å². The first kappa shape index (κ1) is 18.3. The minimum atomic E-state index is 0.00282. The average molecular weight is 352 g/mol. The summed E-state index contributed by atoms with van der Waals surface area (Å²) in [5.74, 6) is 0.00282. The Morgan fingerprint density at radius 1 is 1.00 bits per heavy atom. The van der Waals surface area contributed by atoms with Crippen molar-refractivity contribution in [3.05, 3.63) is 54.6 Å². The van der Waals surface area contributed by atoms with E-state index in [1.165, 1.54) is 5.69 Å². The zero-order valence-electron chi connectivity index (χ0n) is 15.7. The number of benzene rings is 2. The minimum Gasteiger partial charge on any atom is -0.369 e. The number of hydrogen-bond acceptors (Lipinski definition) is 4. The van der Waals surface area contributed by atoms with Crippen LogP contribution >= 0.6 is 0 Å². The van der Waals surface area contributed by atoms with Crippen LogP contribution in [0, 0.1) is 0 Å². The molecule has 138 valence electrons. The van der Waals surface area contributed by atoms with Crippen LogP contribution in [-0.2, 0) is 4.79 Å². The molecule has 1 amide bonds. The van der Waals surface area contributed by atoms with Crippen LogP contribution in [-0.4, -0.2) is 57.1 Å². The lowest BCUT2D eigenvalue weighted by Crippen LogP contribution is -2.44. The summed E-state index contributed by atoms with van der Waals surface area (Å²) < 4.78 is 0. The minimum absolute atomic E-state index is 0.00282. The van der Waals surface area contributed by atoms with Gasteiger partial charge >= 0.3 is 0 Å². The van der Waals surface area contributed by atoms with Crippen molar-refractivity contribution >= 4 is 23.0 Å². The molecule has 0 aromatic heterocycles. The van der Waals surface area contributed by atoms with Crippen molar-refractivity contribution in [2.45, 2.75) is 6.92 Å². The van der Waals surface area contributed by atoms with Gasteiger partial charge in [0.1, 0.15) is 0 Å².